The van der Waals surface area contributed by atoms with E-state index in [2.05, 4.69) is 17.7 Å². The van der Waals surface area contributed by atoms with Gasteiger partial charge in [0, 0.05) is 5.02 Å². The Balaban J connectivity index is 1.94. The molecule has 146 valence electrons. The second-order valence-corrected chi connectivity index (χ2v) is 7.52. The maximum Gasteiger partial charge on any atom is 0.338 e. The standard InChI is InChI=1S/C19H25ClN4O3/c1-3-27-18(25)16-15(12-24-10-8-23(2)9-11-24)21-19(26)22-17(16)13-4-6-14(20)7-5-13/h4-7,17H,3,8-12H2,1-2H3,(H2,21,22,26)/p+2/t17-/m0/s1. The summed E-state index contributed by atoms with van der Waals surface area (Å²) in [5.41, 5.74) is 1.91. The lowest BCUT2D eigenvalue weighted by molar-refractivity contribution is -1.00. The number of benzene rings is 1. The fraction of sp³-hybridized carbons (Fsp3) is 0.474. The Bertz CT molecular complexity index is 727. The predicted octanol–water partition coefficient (Wildman–Crippen LogP) is -1.08. The Labute approximate surface area is 164 Å². The summed E-state index contributed by atoms with van der Waals surface area (Å²) >= 11 is 5.99. The van der Waals surface area contributed by atoms with Crippen molar-refractivity contribution in [2.75, 3.05) is 46.4 Å². The third kappa shape index (κ3) is 4.80. The molecule has 1 atom stereocenters. The van der Waals surface area contributed by atoms with Gasteiger partial charge in [0.1, 0.15) is 32.7 Å². The van der Waals surface area contributed by atoms with Crippen molar-refractivity contribution < 1.29 is 24.1 Å². The van der Waals surface area contributed by atoms with Crippen molar-refractivity contribution in [3.05, 3.63) is 46.1 Å². The van der Waals surface area contributed by atoms with Crippen LogP contribution in [-0.2, 0) is 9.53 Å². The first-order valence-corrected chi connectivity index (χ1v) is 9.73. The number of rotatable bonds is 5. The number of hydrogen-bond acceptors (Lipinski definition) is 3. The molecule has 2 amide bonds. The number of carbonyl (C=O) groups is 2. The Hall–Kier alpha value is -2.09. The number of amides is 2. The highest BCUT2D eigenvalue weighted by atomic mass is 35.5. The number of hydrogen-bond donors (Lipinski definition) is 4. The molecular weight excluding hydrogens is 368 g/mol. The van der Waals surface area contributed by atoms with Crippen LogP contribution in [0.4, 0.5) is 4.79 Å². The summed E-state index contributed by atoms with van der Waals surface area (Å²) in [7, 11) is 2.18. The molecule has 2 aliphatic rings. The number of carbonyl (C=O) groups excluding carboxylic acids is 2. The van der Waals surface area contributed by atoms with Crippen molar-refractivity contribution in [3.8, 4) is 0 Å². The molecule has 0 aromatic heterocycles. The van der Waals surface area contributed by atoms with Crippen LogP contribution >= 0.6 is 11.6 Å². The highest BCUT2D eigenvalue weighted by Crippen LogP contribution is 2.28. The molecule has 4 N–H and O–H groups in total. The fourth-order valence-electron chi connectivity index (χ4n) is 3.57. The molecule has 0 aliphatic carbocycles. The SMILES string of the molecule is CCOC(=O)C1=C(C[NH+]2CC[NH+](C)CC2)NC(=O)N[C@H]1c1ccc(Cl)cc1. The average Bonchev–Trinajstić information content (AvgIpc) is 2.64. The average molecular weight is 395 g/mol. The zero-order chi connectivity index (χ0) is 19.4. The molecule has 3 rings (SSSR count). The fourth-order valence-corrected chi connectivity index (χ4v) is 3.70. The largest absolute Gasteiger partial charge is 0.463 e. The lowest BCUT2D eigenvalue weighted by Gasteiger charge is -2.32. The second kappa shape index (κ2) is 8.73. The summed E-state index contributed by atoms with van der Waals surface area (Å²) in [5.74, 6) is -0.404. The minimum atomic E-state index is -0.553. The quantitative estimate of drug-likeness (QED) is 0.480. The number of likely N-dealkylation sites (N-methyl/N-ethyl adjacent to an activating group) is 1. The van der Waals surface area contributed by atoms with Crippen LogP contribution < -0.4 is 20.4 Å². The van der Waals surface area contributed by atoms with E-state index in [0.717, 1.165) is 31.7 Å². The van der Waals surface area contributed by atoms with Crippen LogP contribution in [0.2, 0.25) is 5.02 Å². The summed E-state index contributed by atoms with van der Waals surface area (Å²) in [5, 5.41) is 6.30. The van der Waals surface area contributed by atoms with Crippen LogP contribution in [-0.4, -0.2) is 58.4 Å². The number of ether oxygens (including phenoxy) is 1. The van der Waals surface area contributed by atoms with Gasteiger partial charge < -0.3 is 25.2 Å². The maximum absolute atomic E-state index is 12.7. The van der Waals surface area contributed by atoms with Crippen molar-refractivity contribution in [1.82, 2.24) is 10.6 Å². The molecule has 0 spiro atoms. The minimum absolute atomic E-state index is 0.279. The highest BCUT2D eigenvalue weighted by Gasteiger charge is 2.35. The van der Waals surface area contributed by atoms with Crippen LogP contribution in [0, 0.1) is 0 Å². The van der Waals surface area contributed by atoms with Gasteiger partial charge in [-0.2, -0.15) is 0 Å². The first-order chi connectivity index (χ1) is 13.0. The molecular formula is C19H27ClN4O3+2. The third-order valence-corrected chi connectivity index (χ3v) is 5.34. The molecule has 1 aromatic carbocycles. The van der Waals surface area contributed by atoms with E-state index < -0.39 is 12.0 Å². The molecule has 0 radical (unpaired) electrons. The first-order valence-electron chi connectivity index (χ1n) is 9.36. The number of nitrogens with one attached hydrogen (secondary N) is 4. The normalized spacial score (nSPS) is 25.6. The van der Waals surface area contributed by atoms with Crippen molar-refractivity contribution in [3.63, 3.8) is 0 Å². The monoisotopic (exact) mass is 394 g/mol. The van der Waals surface area contributed by atoms with Crippen molar-refractivity contribution in [2.45, 2.75) is 13.0 Å². The van der Waals surface area contributed by atoms with Crippen molar-refractivity contribution in [1.29, 1.82) is 0 Å². The van der Waals surface area contributed by atoms with Gasteiger partial charge in [-0.25, -0.2) is 9.59 Å². The van der Waals surface area contributed by atoms with E-state index in [1.165, 1.54) is 9.80 Å². The van der Waals surface area contributed by atoms with Crippen LogP contribution in [0.15, 0.2) is 35.5 Å². The van der Waals surface area contributed by atoms with Gasteiger partial charge in [-0.1, -0.05) is 23.7 Å². The van der Waals surface area contributed by atoms with Gasteiger partial charge in [-0.3, -0.25) is 0 Å². The third-order valence-electron chi connectivity index (χ3n) is 5.09. The van der Waals surface area contributed by atoms with Gasteiger partial charge in [0.15, 0.2) is 0 Å². The van der Waals surface area contributed by atoms with Crippen molar-refractivity contribution in [2.24, 2.45) is 0 Å². The van der Waals surface area contributed by atoms with Crippen LogP contribution in [0.1, 0.15) is 18.5 Å². The molecule has 1 fully saturated rings. The van der Waals surface area contributed by atoms with Crippen molar-refractivity contribution >= 4 is 23.6 Å². The molecule has 8 heteroatoms. The molecule has 1 aromatic rings. The molecule has 1 saturated heterocycles. The molecule has 0 unspecified atom stereocenters. The van der Waals surface area contributed by atoms with Gasteiger partial charge in [-0.15, -0.1) is 0 Å². The van der Waals surface area contributed by atoms with E-state index in [9.17, 15) is 9.59 Å². The van der Waals surface area contributed by atoms with Gasteiger partial charge in [0.2, 0.25) is 0 Å². The molecule has 27 heavy (non-hydrogen) atoms. The lowest BCUT2D eigenvalue weighted by atomic mass is 9.95. The minimum Gasteiger partial charge on any atom is -0.463 e. The van der Waals surface area contributed by atoms with E-state index in [1.807, 2.05) is 12.1 Å². The van der Waals surface area contributed by atoms with Crippen LogP contribution in [0.3, 0.4) is 0 Å². The molecule has 2 heterocycles. The molecule has 0 saturated carbocycles. The predicted molar refractivity (Wildman–Crippen MR) is 102 cm³/mol. The van der Waals surface area contributed by atoms with E-state index in [4.69, 9.17) is 16.3 Å². The van der Waals surface area contributed by atoms with E-state index in [-0.39, 0.29) is 12.6 Å². The molecule has 2 aliphatic heterocycles. The second-order valence-electron chi connectivity index (χ2n) is 7.08. The molecule has 0 bridgehead atoms. The smallest absolute Gasteiger partial charge is 0.338 e. The number of quaternary nitrogens is 2. The van der Waals surface area contributed by atoms with Gasteiger partial charge in [-0.05, 0) is 24.6 Å². The van der Waals surface area contributed by atoms with Gasteiger partial charge in [0.25, 0.3) is 0 Å². The Morgan fingerprint density at radius 1 is 1.22 bits per heavy atom. The Morgan fingerprint density at radius 2 is 1.89 bits per heavy atom. The summed E-state index contributed by atoms with van der Waals surface area (Å²) in [6, 6.07) is 6.28. The number of halogens is 1. The van der Waals surface area contributed by atoms with E-state index in [1.54, 1.807) is 19.1 Å². The summed E-state index contributed by atoms with van der Waals surface area (Å²) < 4.78 is 5.30. The number of urea groups is 1. The van der Waals surface area contributed by atoms with E-state index >= 15 is 0 Å². The van der Waals surface area contributed by atoms with Crippen LogP contribution in [0.25, 0.3) is 0 Å². The summed E-state index contributed by atoms with van der Waals surface area (Å²) in [4.78, 5) is 27.9. The lowest BCUT2D eigenvalue weighted by Crippen LogP contribution is -3.27. The van der Waals surface area contributed by atoms with Gasteiger partial charge in [0.05, 0.1) is 31.0 Å². The number of esters is 1. The zero-order valence-corrected chi connectivity index (χ0v) is 16.5. The number of piperazine rings is 1. The molecule has 7 nitrogen and oxygen atoms in total. The van der Waals surface area contributed by atoms with Crippen LogP contribution in [0.5, 0.6) is 0 Å². The summed E-state index contributed by atoms with van der Waals surface area (Å²) in [6.07, 6.45) is 0. The zero-order valence-electron chi connectivity index (χ0n) is 15.7. The highest BCUT2D eigenvalue weighted by molar-refractivity contribution is 6.30. The Kier molecular flexibility index (Phi) is 6.36. The van der Waals surface area contributed by atoms with E-state index in [0.29, 0.717) is 22.8 Å². The maximum atomic E-state index is 12.7. The Morgan fingerprint density at radius 3 is 2.52 bits per heavy atom. The topological polar surface area (TPSA) is 76.3 Å². The first kappa shape index (κ1) is 19.7. The summed E-state index contributed by atoms with van der Waals surface area (Å²) in [6.45, 7) is 6.80. The van der Waals surface area contributed by atoms with Gasteiger partial charge >= 0.3 is 12.0 Å².